The number of benzene rings is 1. The maximum atomic E-state index is 13.8. The van der Waals surface area contributed by atoms with Crippen LogP contribution < -0.4 is 5.32 Å². The van der Waals surface area contributed by atoms with Crippen LogP contribution in [0.25, 0.3) is 0 Å². The number of halogens is 1. The third-order valence-corrected chi connectivity index (χ3v) is 3.40. The van der Waals surface area contributed by atoms with Crippen LogP contribution in [-0.2, 0) is 15.9 Å². The molecule has 0 heterocycles. The minimum atomic E-state index is -0.117. The van der Waals surface area contributed by atoms with E-state index in [9.17, 15) is 4.39 Å². The van der Waals surface area contributed by atoms with E-state index in [-0.39, 0.29) is 5.82 Å². The van der Waals surface area contributed by atoms with Crippen LogP contribution in [0.15, 0.2) is 24.3 Å². The maximum Gasteiger partial charge on any atom is 0.126 e. The number of methoxy groups -OCH3 is 1. The lowest BCUT2D eigenvalue weighted by Gasteiger charge is -2.18. The number of hydrogen-bond donors (Lipinski definition) is 1. The fraction of sp³-hybridized carbons (Fsp3) is 0.647. The predicted octanol–water partition coefficient (Wildman–Crippen LogP) is 3.04. The molecule has 120 valence electrons. The zero-order chi connectivity index (χ0) is 15.3. The van der Waals surface area contributed by atoms with Gasteiger partial charge in [0.15, 0.2) is 0 Å². The maximum absolute atomic E-state index is 13.8. The van der Waals surface area contributed by atoms with Gasteiger partial charge in [-0.25, -0.2) is 4.39 Å². The van der Waals surface area contributed by atoms with Gasteiger partial charge in [0.2, 0.25) is 0 Å². The van der Waals surface area contributed by atoms with Crippen molar-refractivity contribution in [1.29, 1.82) is 0 Å². The van der Waals surface area contributed by atoms with Gasteiger partial charge in [0.05, 0.1) is 6.61 Å². The summed E-state index contributed by atoms with van der Waals surface area (Å²) < 4.78 is 24.4. The Labute approximate surface area is 127 Å². The Balaban J connectivity index is 2.44. The summed E-state index contributed by atoms with van der Waals surface area (Å²) in [7, 11) is 1.69. The monoisotopic (exact) mass is 297 g/mol. The Bertz CT molecular complexity index is 362. The summed E-state index contributed by atoms with van der Waals surface area (Å²) in [6, 6.07) is 7.01. The highest BCUT2D eigenvalue weighted by Gasteiger charge is 2.12. The lowest BCUT2D eigenvalue weighted by molar-refractivity contribution is 0.119. The first kappa shape index (κ1) is 18.1. The van der Waals surface area contributed by atoms with Gasteiger partial charge in [0.1, 0.15) is 5.82 Å². The first-order valence-electron chi connectivity index (χ1n) is 7.78. The smallest absolute Gasteiger partial charge is 0.126 e. The lowest BCUT2D eigenvalue weighted by atomic mass is 9.96. The molecule has 1 atom stereocenters. The quantitative estimate of drug-likeness (QED) is 0.602. The van der Waals surface area contributed by atoms with Crippen LogP contribution in [0, 0.1) is 11.7 Å². The fourth-order valence-electron chi connectivity index (χ4n) is 2.23. The molecule has 0 amide bonds. The summed E-state index contributed by atoms with van der Waals surface area (Å²) in [4.78, 5) is 0. The topological polar surface area (TPSA) is 30.5 Å². The molecule has 0 saturated carbocycles. The molecule has 0 radical (unpaired) electrons. The zero-order valence-corrected chi connectivity index (χ0v) is 13.2. The van der Waals surface area contributed by atoms with Crippen molar-refractivity contribution in [2.45, 2.75) is 26.2 Å². The van der Waals surface area contributed by atoms with Gasteiger partial charge in [0.25, 0.3) is 0 Å². The van der Waals surface area contributed by atoms with E-state index >= 15 is 0 Å². The van der Waals surface area contributed by atoms with Crippen molar-refractivity contribution in [2.75, 3.05) is 40.0 Å². The van der Waals surface area contributed by atoms with Crippen molar-refractivity contribution in [2.24, 2.45) is 5.92 Å². The van der Waals surface area contributed by atoms with Crippen molar-refractivity contribution in [1.82, 2.24) is 5.32 Å². The molecule has 1 N–H and O–H groups in total. The van der Waals surface area contributed by atoms with E-state index in [0.29, 0.717) is 12.5 Å². The summed E-state index contributed by atoms with van der Waals surface area (Å²) in [6.07, 6.45) is 2.71. The average Bonchev–Trinajstić information content (AvgIpc) is 2.50. The van der Waals surface area contributed by atoms with Crippen LogP contribution in [0.1, 0.15) is 25.3 Å². The summed E-state index contributed by atoms with van der Waals surface area (Å²) in [5, 5.41) is 3.36. The van der Waals surface area contributed by atoms with E-state index in [2.05, 4.69) is 12.2 Å². The molecule has 21 heavy (non-hydrogen) atoms. The van der Waals surface area contributed by atoms with E-state index in [1.54, 1.807) is 13.2 Å². The van der Waals surface area contributed by atoms with Gasteiger partial charge in [-0.3, -0.25) is 0 Å². The van der Waals surface area contributed by atoms with Crippen molar-refractivity contribution >= 4 is 0 Å². The van der Waals surface area contributed by atoms with E-state index in [0.717, 1.165) is 51.1 Å². The Kier molecular flexibility index (Phi) is 10.0. The van der Waals surface area contributed by atoms with Gasteiger partial charge < -0.3 is 14.8 Å². The lowest BCUT2D eigenvalue weighted by Crippen LogP contribution is -2.28. The summed E-state index contributed by atoms with van der Waals surface area (Å²) in [5.41, 5.74) is 0.784. The van der Waals surface area contributed by atoms with Crippen LogP contribution >= 0.6 is 0 Å². The third-order valence-electron chi connectivity index (χ3n) is 3.40. The molecule has 0 aliphatic rings. The molecule has 0 bridgehead atoms. The number of nitrogens with one attached hydrogen (secondary N) is 1. The summed E-state index contributed by atoms with van der Waals surface area (Å²) in [6.45, 7) is 6.00. The van der Waals surface area contributed by atoms with Crippen molar-refractivity contribution in [3.63, 3.8) is 0 Å². The second kappa shape index (κ2) is 11.7. The Morgan fingerprint density at radius 1 is 1.19 bits per heavy atom. The molecule has 0 aliphatic carbocycles. The second-order valence-corrected chi connectivity index (χ2v) is 5.26. The number of ether oxygens (including phenoxy) is 2. The molecule has 0 aliphatic heterocycles. The molecular formula is C17H28FNO2. The zero-order valence-electron chi connectivity index (χ0n) is 13.2. The van der Waals surface area contributed by atoms with Crippen LogP contribution in [-0.4, -0.2) is 40.0 Å². The Morgan fingerprint density at radius 2 is 2.00 bits per heavy atom. The molecular weight excluding hydrogens is 269 g/mol. The van der Waals surface area contributed by atoms with Gasteiger partial charge in [-0.05, 0) is 43.4 Å². The molecule has 0 saturated heterocycles. The predicted molar refractivity (Wildman–Crippen MR) is 84.1 cm³/mol. The second-order valence-electron chi connectivity index (χ2n) is 5.26. The SMILES string of the molecule is CCCOCCC(CNCCOC)Cc1ccccc1F. The first-order chi connectivity index (χ1) is 10.3. The summed E-state index contributed by atoms with van der Waals surface area (Å²) in [5.74, 6) is 0.254. The van der Waals surface area contributed by atoms with E-state index in [1.807, 2.05) is 12.1 Å². The van der Waals surface area contributed by atoms with Gasteiger partial charge >= 0.3 is 0 Å². The van der Waals surface area contributed by atoms with Crippen molar-refractivity contribution in [3.05, 3.63) is 35.6 Å². The molecule has 3 nitrogen and oxygen atoms in total. The Morgan fingerprint density at radius 3 is 2.71 bits per heavy atom. The van der Waals surface area contributed by atoms with E-state index < -0.39 is 0 Å². The van der Waals surface area contributed by atoms with Gasteiger partial charge in [-0.2, -0.15) is 0 Å². The van der Waals surface area contributed by atoms with Crippen LogP contribution in [0.5, 0.6) is 0 Å². The first-order valence-corrected chi connectivity index (χ1v) is 7.78. The highest BCUT2D eigenvalue weighted by atomic mass is 19.1. The molecule has 4 heteroatoms. The molecule has 1 unspecified atom stereocenters. The van der Waals surface area contributed by atoms with Gasteiger partial charge in [-0.15, -0.1) is 0 Å². The van der Waals surface area contributed by atoms with Crippen molar-refractivity contribution < 1.29 is 13.9 Å². The molecule has 0 spiro atoms. The fourth-order valence-corrected chi connectivity index (χ4v) is 2.23. The van der Waals surface area contributed by atoms with Crippen LogP contribution in [0.3, 0.4) is 0 Å². The molecule has 1 aromatic carbocycles. The van der Waals surface area contributed by atoms with E-state index in [1.165, 1.54) is 6.07 Å². The normalized spacial score (nSPS) is 12.5. The number of rotatable bonds is 12. The highest BCUT2D eigenvalue weighted by Crippen LogP contribution is 2.15. The van der Waals surface area contributed by atoms with Crippen LogP contribution in [0.4, 0.5) is 4.39 Å². The minimum absolute atomic E-state index is 0.117. The van der Waals surface area contributed by atoms with Crippen molar-refractivity contribution in [3.8, 4) is 0 Å². The molecule has 1 aromatic rings. The van der Waals surface area contributed by atoms with Gasteiger partial charge in [-0.1, -0.05) is 25.1 Å². The molecule has 0 fully saturated rings. The third kappa shape index (κ3) is 8.15. The standard InChI is InChI=1S/C17H28FNO2/c1-3-10-21-11-8-15(14-19-9-12-20-2)13-16-6-4-5-7-17(16)18/h4-7,15,19H,3,8-14H2,1-2H3. The largest absolute Gasteiger partial charge is 0.383 e. The highest BCUT2D eigenvalue weighted by molar-refractivity contribution is 5.17. The summed E-state index contributed by atoms with van der Waals surface area (Å²) >= 11 is 0. The van der Waals surface area contributed by atoms with Crippen LogP contribution in [0.2, 0.25) is 0 Å². The van der Waals surface area contributed by atoms with E-state index in [4.69, 9.17) is 9.47 Å². The Hall–Kier alpha value is -0.970. The molecule has 0 aromatic heterocycles. The molecule has 1 rings (SSSR count). The number of hydrogen-bond acceptors (Lipinski definition) is 3. The average molecular weight is 297 g/mol. The minimum Gasteiger partial charge on any atom is -0.383 e. The van der Waals surface area contributed by atoms with Gasteiger partial charge in [0, 0.05) is 26.9 Å².